The first-order chi connectivity index (χ1) is 11.7. The third-order valence-corrected chi connectivity index (χ3v) is 4.06. The third kappa shape index (κ3) is 22.2. The Bertz CT molecular complexity index is 288. The number of carbonyl (C=O) groups is 2. The first-order valence-corrected chi connectivity index (χ1v) is 10.0. The van der Waals surface area contributed by atoms with Gasteiger partial charge < -0.3 is 12.3 Å². The molecule has 5 heteroatoms. The molecule has 0 radical (unpaired) electrons. The van der Waals surface area contributed by atoms with Crippen LogP contribution in [-0.4, -0.2) is 62.9 Å². The molecule has 25 heavy (non-hydrogen) atoms. The van der Waals surface area contributed by atoms with Gasteiger partial charge >= 0.3 is 49.7 Å². The molecule has 0 spiro atoms. The Morgan fingerprint density at radius 1 is 0.600 bits per heavy atom. The maximum absolute atomic E-state index is 11.5. The van der Waals surface area contributed by atoms with E-state index in [1.165, 1.54) is 51.4 Å². The molecule has 0 aromatic rings. The van der Waals surface area contributed by atoms with Crippen molar-refractivity contribution < 1.29 is 21.9 Å². The number of hydrogen-bond donors (Lipinski definition) is 0. The Morgan fingerprint density at radius 2 is 0.920 bits per heavy atom. The molecule has 0 saturated carbocycles. The monoisotopic (exact) mass is 384 g/mol. The maximum atomic E-state index is 11.5. The summed E-state index contributed by atoms with van der Waals surface area (Å²) < 4.78 is 10.3. The molecule has 0 rings (SSSR count). The number of hydrogen-bond acceptors (Lipinski definition) is 4. The molecular formula is C20H40CaO4. The van der Waals surface area contributed by atoms with Gasteiger partial charge in [0.25, 0.3) is 0 Å². The number of esters is 2. The predicted molar refractivity (Wildman–Crippen MR) is 106 cm³/mol. The minimum atomic E-state index is -0.292. The van der Waals surface area contributed by atoms with E-state index in [1.807, 2.05) is 0 Å². The molecule has 0 fully saturated rings. The number of rotatable bonds is 17. The van der Waals surface area contributed by atoms with Crippen LogP contribution in [0.2, 0.25) is 0 Å². The molecule has 0 heterocycles. The predicted octanol–water partition coefficient (Wildman–Crippen LogP) is 5.42. The second-order valence-corrected chi connectivity index (χ2v) is 6.48. The second-order valence-electron chi connectivity index (χ2n) is 6.48. The summed E-state index contributed by atoms with van der Waals surface area (Å²) in [5.41, 5.74) is 0. The third-order valence-electron chi connectivity index (χ3n) is 4.06. The SMILES string of the molecule is CCCCCCCCOC(=O)CCC(=O)OCCCCCCCC.[Ca+2].[H-].[H-]. The van der Waals surface area contributed by atoms with Crippen molar-refractivity contribution in [2.75, 3.05) is 13.2 Å². The van der Waals surface area contributed by atoms with Gasteiger partial charge in [0, 0.05) is 0 Å². The van der Waals surface area contributed by atoms with E-state index in [0.717, 1.165) is 25.7 Å². The van der Waals surface area contributed by atoms with Crippen LogP contribution in [-0.2, 0) is 19.1 Å². The van der Waals surface area contributed by atoms with Crippen molar-refractivity contribution >= 4 is 49.7 Å². The summed E-state index contributed by atoms with van der Waals surface area (Å²) in [7, 11) is 0. The van der Waals surface area contributed by atoms with Gasteiger partial charge in [-0.05, 0) is 12.8 Å². The minimum absolute atomic E-state index is 0. The molecule has 0 aliphatic rings. The van der Waals surface area contributed by atoms with Gasteiger partial charge in [-0.15, -0.1) is 0 Å². The summed E-state index contributed by atoms with van der Waals surface area (Å²) in [6.45, 7) is 5.33. The van der Waals surface area contributed by atoms with Crippen LogP contribution in [0, 0.1) is 0 Å². The van der Waals surface area contributed by atoms with E-state index in [1.54, 1.807) is 0 Å². The molecule has 0 N–H and O–H groups in total. The maximum Gasteiger partial charge on any atom is 2.00 e. The Kier molecular flexibility index (Phi) is 24.4. The van der Waals surface area contributed by atoms with Crippen LogP contribution in [0.5, 0.6) is 0 Å². The van der Waals surface area contributed by atoms with Crippen LogP contribution < -0.4 is 0 Å². The smallest absolute Gasteiger partial charge is 1.00 e. The molecule has 0 bridgehead atoms. The summed E-state index contributed by atoms with van der Waals surface area (Å²) in [5.74, 6) is -0.583. The van der Waals surface area contributed by atoms with E-state index >= 15 is 0 Å². The van der Waals surface area contributed by atoms with E-state index in [9.17, 15) is 9.59 Å². The normalized spacial score (nSPS) is 10.2. The Hall–Kier alpha value is 0.200. The van der Waals surface area contributed by atoms with E-state index in [0.29, 0.717) is 13.2 Å². The van der Waals surface area contributed by atoms with Gasteiger partial charge in [0.1, 0.15) is 0 Å². The van der Waals surface area contributed by atoms with Gasteiger partial charge in [-0.3, -0.25) is 9.59 Å². The van der Waals surface area contributed by atoms with Crippen molar-refractivity contribution in [3.8, 4) is 0 Å². The summed E-state index contributed by atoms with van der Waals surface area (Å²) in [5, 5.41) is 0. The average Bonchev–Trinajstić information content (AvgIpc) is 2.58. The van der Waals surface area contributed by atoms with Gasteiger partial charge in [-0.1, -0.05) is 78.1 Å². The molecule has 146 valence electrons. The second kappa shape index (κ2) is 22.2. The molecule has 4 nitrogen and oxygen atoms in total. The van der Waals surface area contributed by atoms with Crippen LogP contribution >= 0.6 is 0 Å². The van der Waals surface area contributed by atoms with Crippen LogP contribution in [0.1, 0.15) is 107 Å². The van der Waals surface area contributed by atoms with Gasteiger partial charge in [-0.2, -0.15) is 0 Å². The van der Waals surface area contributed by atoms with Crippen molar-refractivity contribution in [2.45, 2.75) is 104 Å². The van der Waals surface area contributed by atoms with Gasteiger partial charge in [0.15, 0.2) is 0 Å². The van der Waals surface area contributed by atoms with E-state index < -0.39 is 0 Å². The number of carbonyl (C=O) groups excluding carboxylic acids is 2. The van der Waals surface area contributed by atoms with Gasteiger partial charge in [-0.25, -0.2) is 0 Å². The van der Waals surface area contributed by atoms with Crippen LogP contribution in [0.25, 0.3) is 0 Å². The molecule has 0 amide bonds. The van der Waals surface area contributed by atoms with Crippen LogP contribution in [0.4, 0.5) is 0 Å². The topological polar surface area (TPSA) is 52.6 Å². The fourth-order valence-electron chi connectivity index (χ4n) is 2.49. The van der Waals surface area contributed by atoms with E-state index in [4.69, 9.17) is 9.47 Å². The molecule has 0 unspecified atom stereocenters. The zero-order valence-electron chi connectivity index (χ0n) is 18.7. The van der Waals surface area contributed by atoms with Crippen LogP contribution in [0.15, 0.2) is 0 Å². The molecule has 0 aromatic heterocycles. The Labute approximate surface area is 187 Å². The largest absolute Gasteiger partial charge is 2.00 e. The summed E-state index contributed by atoms with van der Waals surface area (Å²) in [6, 6.07) is 0. The summed E-state index contributed by atoms with van der Waals surface area (Å²) >= 11 is 0. The molecule has 0 aromatic carbocycles. The van der Waals surface area contributed by atoms with Crippen molar-refractivity contribution in [3.63, 3.8) is 0 Å². The first-order valence-electron chi connectivity index (χ1n) is 10.0. The van der Waals surface area contributed by atoms with E-state index in [-0.39, 0.29) is 65.4 Å². The van der Waals surface area contributed by atoms with Crippen molar-refractivity contribution in [1.82, 2.24) is 0 Å². The summed E-state index contributed by atoms with van der Waals surface area (Å²) in [4.78, 5) is 23.1. The van der Waals surface area contributed by atoms with Crippen molar-refractivity contribution in [1.29, 1.82) is 0 Å². The fourth-order valence-corrected chi connectivity index (χ4v) is 2.49. The molecule has 0 aliphatic carbocycles. The van der Waals surface area contributed by atoms with Gasteiger partial charge in [0.05, 0.1) is 26.1 Å². The standard InChI is InChI=1S/C20H38O4.Ca.2H/c1-3-5-7-9-11-13-17-23-19(21)15-16-20(22)24-18-14-12-10-8-6-4-2;;;/h3-18H2,1-2H3;;;/q;+2;2*-1. The summed E-state index contributed by atoms with van der Waals surface area (Å²) in [6.07, 6.45) is 14.3. The minimum Gasteiger partial charge on any atom is -1.00 e. The van der Waals surface area contributed by atoms with Crippen molar-refractivity contribution in [2.24, 2.45) is 0 Å². The van der Waals surface area contributed by atoms with E-state index in [2.05, 4.69) is 13.8 Å². The van der Waals surface area contributed by atoms with Crippen molar-refractivity contribution in [3.05, 3.63) is 0 Å². The number of unbranched alkanes of at least 4 members (excludes halogenated alkanes) is 10. The number of ether oxygens (including phenoxy) is 2. The Balaban J connectivity index is -0.000000882. The zero-order chi connectivity index (χ0) is 17.9. The fraction of sp³-hybridized carbons (Fsp3) is 0.900. The average molecular weight is 385 g/mol. The van der Waals surface area contributed by atoms with Gasteiger partial charge in [0.2, 0.25) is 0 Å². The first kappa shape index (κ1) is 27.4. The molecule has 0 aliphatic heterocycles. The van der Waals surface area contributed by atoms with Crippen LogP contribution in [0.3, 0.4) is 0 Å². The Morgan fingerprint density at radius 3 is 1.28 bits per heavy atom. The molecule has 0 saturated heterocycles. The quantitative estimate of drug-likeness (QED) is 0.191. The molecule has 0 atom stereocenters. The zero-order valence-corrected chi connectivity index (χ0v) is 18.9. The molecular weight excluding hydrogens is 344 g/mol.